The summed E-state index contributed by atoms with van der Waals surface area (Å²) in [6, 6.07) is 23.1. The minimum atomic E-state index is 0.0888. The number of hydrogen-bond donors (Lipinski definition) is 0. The molecule has 3 heteroatoms. The minimum absolute atomic E-state index is 0.0888. The Bertz CT molecular complexity index is 2770. The Kier molecular flexibility index (Phi) is 6.23. The molecule has 4 unspecified atom stereocenters. The predicted octanol–water partition coefficient (Wildman–Crippen LogP) is 12.4. The maximum absolute atomic E-state index is 6.80. The Morgan fingerprint density at radius 1 is 0.698 bits per heavy atom. The van der Waals surface area contributed by atoms with Gasteiger partial charge in [-0.15, -0.1) is 0 Å². The first kappa shape index (κ1) is 29.7. The molecule has 3 heterocycles. The number of fused-ring (bicyclic) bond motifs is 10. The van der Waals surface area contributed by atoms with Crippen LogP contribution in [-0.4, -0.2) is 15.2 Å². The molecule has 1 fully saturated rings. The standard InChI is InChI=1S/C50H40N2O/c1-30-37-22-23-41-43-27-33(32-17-24-45-42(26-32)38-14-8-9-15-44(38)51(45)35-12-6-3-7-13-35)18-25-46(43)52(50(41)49(30)37)36-19-21-40-39-20-16-34(31-10-4-2-5-11-31)28-47(39)53-48(40)29-36/h2-6,8-10,12,14-18,20,22-29,31,37,39,47,49H,1,7,11,13,19,21H2/t31?,37?,39?,47?,49-/m0/s1. The number of ether oxygens (including phenoxy) is 1. The summed E-state index contributed by atoms with van der Waals surface area (Å²) in [6.07, 6.45) is 35.3. The molecule has 2 aromatic heterocycles. The molecule has 256 valence electrons. The molecule has 1 saturated carbocycles. The molecule has 7 aliphatic rings. The predicted molar refractivity (Wildman–Crippen MR) is 220 cm³/mol. The van der Waals surface area contributed by atoms with Crippen LogP contribution in [0.25, 0.3) is 61.3 Å². The average Bonchev–Trinajstić information content (AvgIpc) is 3.47. The van der Waals surface area contributed by atoms with E-state index in [1.165, 1.54) is 83.2 Å². The molecule has 5 atom stereocenters. The van der Waals surface area contributed by atoms with Crippen LogP contribution >= 0.6 is 0 Å². The van der Waals surface area contributed by atoms with Crippen LogP contribution in [0, 0.1) is 17.8 Å². The third-order valence-corrected chi connectivity index (χ3v) is 13.0. The number of aromatic nitrogens is 2. The van der Waals surface area contributed by atoms with Gasteiger partial charge < -0.3 is 13.9 Å². The molecule has 0 amide bonds. The Morgan fingerprint density at radius 2 is 1.53 bits per heavy atom. The van der Waals surface area contributed by atoms with Crippen molar-refractivity contribution in [1.82, 2.24) is 9.13 Å². The van der Waals surface area contributed by atoms with E-state index in [9.17, 15) is 0 Å². The van der Waals surface area contributed by atoms with Crippen molar-refractivity contribution in [2.75, 3.05) is 0 Å². The van der Waals surface area contributed by atoms with Crippen LogP contribution in [0.2, 0.25) is 0 Å². The zero-order valence-electron chi connectivity index (χ0n) is 29.7. The van der Waals surface area contributed by atoms with Crippen LogP contribution in [0.4, 0.5) is 0 Å². The number of hydrogen-bond acceptors (Lipinski definition) is 1. The lowest BCUT2D eigenvalue weighted by molar-refractivity contribution is 0.172. The van der Waals surface area contributed by atoms with Crippen molar-refractivity contribution in [3.05, 3.63) is 174 Å². The second kappa shape index (κ2) is 11.1. The summed E-state index contributed by atoms with van der Waals surface area (Å²) in [6.45, 7) is 4.52. The van der Waals surface area contributed by atoms with E-state index in [1.54, 1.807) is 0 Å². The second-order valence-electron chi connectivity index (χ2n) is 15.8. The third-order valence-electron chi connectivity index (χ3n) is 13.0. The molecule has 6 aliphatic carbocycles. The van der Waals surface area contributed by atoms with E-state index in [1.807, 2.05) is 0 Å². The van der Waals surface area contributed by atoms with E-state index >= 15 is 0 Å². The van der Waals surface area contributed by atoms with Gasteiger partial charge in [0.1, 0.15) is 11.9 Å². The average molecular weight is 685 g/mol. The summed E-state index contributed by atoms with van der Waals surface area (Å²) >= 11 is 0. The summed E-state index contributed by atoms with van der Waals surface area (Å²) in [5.74, 6) is 2.69. The van der Waals surface area contributed by atoms with E-state index in [0.717, 1.165) is 37.9 Å². The molecular formula is C50H40N2O. The van der Waals surface area contributed by atoms with Crippen LogP contribution in [0.5, 0.6) is 0 Å². The quantitative estimate of drug-likeness (QED) is 0.172. The lowest BCUT2D eigenvalue weighted by atomic mass is 9.81. The summed E-state index contributed by atoms with van der Waals surface area (Å²) < 4.78 is 11.9. The highest BCUT2D eigenvalue weighted by atomic mass is 16.5. The van der Waals surface area contributed by atoms with Gasteiger partial charge in [-0.3, -0.25) is 0 Å². The first-order valence-electron chi connectivity index (χ1n) is 19.5. The Hall–Kier alpha value is -5.80. The monoisotopic (exact) mass is 684 g/mol. The minimum Gasteiger partial charge on any atom is -0.485 e. The van der Waals surface area contributed by atoms with E-state index in [0.29, 0.717) is 23.7 Å². The normalized spacial score (nSPS) is 26.4. The molecule has 5 aromatic rings. The van der Waals surface area contributed by atoms with Crippen molar-refractivity contribution in [3.63, 3.8) is 0 Å². The molecule has 0 bridgehead atoms. The van der Waals surface area contributed by atoms with Crippen LogP contribution in [0.1, 0.15) is 49.3 Å². The van der Waals surface area contributed by atoms with Gasteiger partial charge in [0.2, 0.25) is 0 Å². The fourth-order valence-corrected chi connectivity index (χ4v) is 10.3. The van der Waals surface area contributed by atoms with Gasteiger partial charge in [-0.1, -0.05) is 103 Å². The first-order valence-corrected chi connectivity index (χ1v) is 19.5. The van der Waals surface area contributed by atoms with Gasteiger partial charge in [-0.25, -0.2) is 0 Å². The summed E-state index contributed by atoms with van der Waals surface area (Å²) in [5.41, 5.74) is 16.0. The highest BCUT2D eigenvalue weighted by Crippen LogP contribution is 2.59. The fourth-order valence-electron chi connectivity index (χ4n) is 10.3. The van der Waals surface area contributed by atoms with Crippen LogP contribution in [0.3, 0.4) is 0 Å². The Morgan fingerprint density at radius 3 is 2.38 bits per heavy atom. The van der Waals surface area contributed by atoms with E-state index in [4.69, 9.17) is 4.74 Å². The smallest absolute Gasteiger partial charge is 0.128 e. The fraction of sp³-hybridized carbons (Fsp3) is 0.200. The van der Waals surface area contributed by atoms with Gasteiger partial charge in [-0.2, -0.15) is 0 Å². The molecule has 0 radical (unpaired) electrons. The summed E-state index contributed by atoms with van der Waals surface area (Å²) in [4.78, 5) is 0. The number of nitrogens with zero attached hydrogens (tertiary/aromatic N) is 2. The number of para-hydroxylation sites is 1. The van der Waals surface area contributed by atoms with Gasteiger partial charge in [0.15, 0.2) is 0 Å². The zero-order chi connectivity index (χ0) is 34.8. The number of allylic oxidation sites excluding steroid dienone is 14. The highest BCUT2D eigenvalue weighted by Gasteiger charge is 2.48. The van der Waals surface area contributed by atoms with Crippen LogP contribution < -0.4 is 0 Å². The van der Waals surface area contributed by atoms with E-state index < -0.39 is 0 Å². The first-order chi connectivity index (χ1) is 26.2. The molecule has 12 rings (SSSR count). The highest BCUT2D eigenvalue weighted by molar-refractivity contribution is 6.11. The summed E-state index contributed by atoms with van der Waals surface area (Å²) in [7, 11) is 0. The molecule has 0 saturated heterocycles. The molecule has 0 spiro atoms. The van der Waals surface area contributed by atoms with Gasteiger partial charge in [0.05, 0.1) is 16.6 Å². The van der Waals surface area contributed by atoms with E-state index in [2.05, 4.69) is 155 Å². The van der Waals surface area contributed by atoms with Crippen molar-refractivity contribution in [2.45, 2.75) is 44.1 Å². The second-order valence-corrected chi connectivity index (χ2v) is 15.8. The van der Waals surface area contributed by atoms with Crippen molar-refractivity contribution in [3.8, 4) is 11.1 Å². The van der Waals surface area contributed by atoms with Crippen LogP contribution in [0.15, 0.2) is 163 Å². The molecule has 1 aliphatic heterocycles. The van der Waals surface area contributed by atoms with Gasteiger partial charge in [0, 0.05) is 62.5 Å². The van der Waals surface area contributed by atoms with Crippen LogP contribution in [-0.2, 0) is 4.74 Å². The van der Waals surface area contributed by atoms with Crippen molar-refractivity contribution < 1.29 is 4.74 Å². The van der Waals surface area contributed by atoms with Gasteiger partial charge in [0.25, 0.3) is 0 Å². The Balaban J connectivity index is 0.954. The van der Waals surface area contributed by atoms with Crippen molar-refractivity contribution >= 4 is 50.2 Å². The van der Waals surface area contributed by atoms with Gasteiger partial charge >= 0.3 is 0 Å². The maximum atomic E-state index is 6.80. The van der Waals surface area contributed by atoms with E-state index in [-0.39, 0.29) is 6.10 Å². The maximum Gasteiger partial charge on any atom is 0.128 e. The van der Waals surface area contributed by atoms with Crippen molar-refractivity contribution in [1.29, 1.82) is 0 Å². The molecule has 3 nitrogen and oxygen atoms in total. The molecular weight excluding hydrogens is 645 g/mol. The SMILES string of the molecule is C=C1C2C=Cc3c(n(C4=CC5=C(CC4)C4C=CC(C6C=CC=CC6)=CC4O5)c4ccc(-c5ccc6c(c5)c5ccccc5n6C5=CC=CCC5)cc34)[C@@H]12. The number of benzene rings is 3. The molecule has 0 N–H and O–H groups in total. The van der Waals surface area contributed by atoms with Gasteiger partial charge in [-0.05, 0) is 103 Å². The van der Waals surface area contributed by atoms with Crippen molar-refractivity contribution in [2.24, 2.45) is 17.8 Å². The molecule has 3 aromatic carbocycles. The summed E-state index contributed by atoms with van der Waals surface area (Å²) in [5, 5.41) is 3.94. The zero-order valence-corrected chi connectivity index (χ0v) is 29.7. The lowest BCUT2D eigenvalue weighted by Crippen LogP contribution is -2.19. The Labute approximate surface area is 309 Å². The lowest BCUT2D eigenvalue weighted by Gasteiger charge is -2.24. The number of rotatable bonds is 4. The largest absolute Gasteiger partial charge is 0.485 e. The topological polar surface area (TPSA) is 19.1 Å². The molecule has 53 heavy (non-hydrogen) atoms. The third kappa shape index (κ3) is 4.34.